The molecule has 1 aliphatic heterocycles. The summed E-state index contributed by atoms with van der Waals surface area (Å²) < 4.78 is 6.17. The number of hydrogen-bond acceptors (Lipinski definition) is 2. The second kappa shape index (κ2) is 6.51. The van der Waals surface area contributed by atoms with E-state index in [9.17, 15) is 0 Å². The Labute approximate surface area is 141 Å². The van der Waals surface area contributed by atoms with E-state index in [0.717, 1.165) is 17.9 Å². The fraction of sp³-hybridized carbons (Fsp3) is 0.143. The minimum atomic E-state index is 0.131. The summed E-state index contributed by atoms with van der Waals surface area (Å²) in [4.78, 5) is 1.31. The zero-order chi connectivity index (χ0) is 15.5. The third kappa shape index (κ3) is 3.13. The van der Waals surface area contributed by atoms with Gasteiger partial charge >= 0.3 is 0 Å². The highest BCUT2D eigenvalue weighted by atomic mass is 32.2. The average molecular weight is 318 g/mol. The molecule has 0 bridgehead atoms. The molecule has 114 valence electrons. The number of fused-ring (bicyclic) bond motifs is 1. The van der Waals surface area contributed by atoms with E-state index in [2.05, 4.69) is 72.8 Å². The molecule has 1 unspecified atom stereocenters. The molecule has 1 nitrogen and oxygen atoms in total. The molecule has 4 rings (SSSR count). The first-order chi connectivity index (χ1) is 11.4. The van der Waals surface area contributed by atoms with Crippen LogP contribution in [0.2, 0.25) is 0 Å². The van der Waals surface area contributed by atoms with Gasteiger partial charge in [-0.05, 0) is 23.3 Å². The lowest BCUT2D eigenvalue weighted by atomic mass is 10.0. The zero-order valence-electron chi connectivity index (χ0n) is 12.8. The van der Waals surface area contributed by atoms with Gasteiger partial charge in [-0.3, -0.25) is 0 Å². The highest BCUT2D eigenvalue weighted by Gasteiger charge is 2.25. The quantitative estimate of drug-likeness (QED) is 0.574. The van der Waals surface area contributed by atoms with Crippen LogP contribution in [-0.4, -0.2) is 0 Å². The van der Waals surface area contributed by atoms with Gasteiger partial charge in [-0.1, -0.05) is 66.7 Å². The van der Waals surface area contributed by atoms with Gasteiger partial charge in [-0.25, -0.2) is 0 Å². The van der Waals surface area contributed by atoms with Crippen LogP contribution in [0, 0.1) is 0 Å². The summed E-state index contributed by atoms with van der Waals surface area (Å²) in [6, 6.07) is 27.6. The third-order valence-electron chi connectivity index (χ3n) is 4.15. The Morgan fingerprint density at radius 2 is 1.57 bits per heavy atom. The van der Waals surface area contributed by atoms with E-state index in [-0.39, 0.29) is 6.10 Å². The maximum absolute atomic E-state index is 6.17. The number of benzene rings is 3. The summed E-state index contributed by atoms with van der Waals surface area (Å²) >= 11 is 1.89. The smallest absolute Gasteiger partial charge is 0.129 e. The van der Waals surface area contributed by atoms with Gasteiger partial charge in [-0.15, -0.1) is 11.8 Å². The van der Waals surface area contributed by atoms with Crippen molar-refractivity contribution in [3.8, 4) is 5.75 Å². The summed E-state index contributed by atoms with van der Waals surface area (Å²) in [7, 11) is 0. The predicted molar refractivity (Wildman–Crippen MR) is 96.0 cm³/mol. The molecule has 0 radical (unpaired) electrons. The van der Waals surface area contributed by atoms with Crippen LogP contribution in [0.1, 0.15) is 22.8 Å². The highest BCUT2D eigenvalue weighted by molar-refractivity contribution is 7.98. The fourth-order valence-electron chi connectivity index (χ4n) is 2.97. The number of para-hydroxylation sites is 1. The lowest BCUT2D eigenvalue weighted by molar-refractivity contribution is 0.235. The summed E-state index contributed by atoms with van der Waals surface area (Å²) in [5.41, 5.74) is 3.95. The summed E-state index contributed by atoms with van der Waals surface area (Å²) in [5, 5.41) is 0. The molecule has 1 heterocycles. The van der Waals surface area contributed by atoms with E-state index in [1.54, 1.807) is 0 Å². The first kappa shape index (κ1) is 14.4. The second-order valence-corrected chi connectivity index (χ2v) is 6.75. The summed E-state index contributed by atoms with van der Waals surface area (Å²) in [5.74, 6) is 2.01. The van der Waals surface area contributed by atoms with Crippen molar-refractivity contribution in [2.75, 3.05) is 0 Å². The van der Waals surface area contributed by atoms with Crippen molar-refractivity contribution >= 4 is 11.8 Å². The van der Waals surface area contributed by atoms with Crippen molar-refractivity contribution in [3.63, 3.8) is 0 Å². The molecule has 0 aliphatic carbocycles. The maximum Gasteiger partial charge on any atom is 0.129 e. The monoisotopic (exact) mass is 318 g/mol. The predicted octanol–water partition coefficient (Wildman–Crippen LogP) is 5.66. The number of ether oxygens (including phenoxy) is 1. The van der Waals surface area contributed by atoms with Crippen LogP contribution in [0.4, 0.5) is 0 Å². The molecule has 2 heteroatoms. The molecule has 0 spiro atoms. The first-order valence-electron chi connectivity index (χ1n) is 7.90. The molecule has 3 aromatic rings. The van der Waals surface area contributed by atoms with Gasteiger partial charge < -0.3 is 4.74 Å². The van der Waals surface area contributed by atoms with E-state index in [1.807, 2.05) is 17.8 Å². The minimum Gasteiger partial charge on any atom is -0.485 e. The Hall–Kier alpha value is -2.19. The van der Waals surface area contributed by atoms with Gasteiger partial charge in [0.15, 0.2) is 0 Å². The van der Waals surface area contributed by atoms with Gasteiger partial charge in [0, 0.05) is 22.6 Å². The van der Waals surface area contributed by atoms with Crippen molar-refractivity contribution in [3.05, 3.63) is 95.6 Å². The van der Waals surface area contributed by atoms with E-state index in [4.69, 9.17) is 4.74 Å². The van der Waals surface area contributed by atoms with Gasteiger partial charge in [0.1, 0.15) is 11.9 Å². The van der Waals surface area contributed by atoms with Crippen molar-refractivity contribution in [1.82, 2.24) is 0 Å². The van der Waals surface area contributed by atoms with Gasteiger partial charge in [0.25, 0.3) is 0 Å². The van der Waals surface area contributed by atoms with Gasteiger partial charge in [-0.2, -0.15) is 0 Å². The largest absolute Gasteiger partial charge is 0.485 e. The Morgan fingerprint density at radius 3 is 2.43 bits per heavy atom. The molecular weight excluding hydrogens is 300 g/mol. The van der Waals surface area contributed by atoms with Crippen molar-refractivity contribution in [2.45, 2.75) is 23.2 Å². The topological polar surface area (TPSA) is 9.23 Å². The fourth-order valence-corrected chi connectivity index (χ4v) is 4.02. The van der Waals surface area contributed by atoms with Gasteiger partial charge in [0.2, 0.25) is 0 Å². The van der Waals surface area contributed by atoms with Crippen LogP contribution < -0.4 is 4.74 Å². The Morgan fingerprint density at radius 1 is 0.826 bits per heavy atom. The van der Waals surface area contributed by atoms with Crippen molar-refractivity contribution in [2.24, 2.45) is 0 Å². The number of thioether (sulfide) groups is 1. The highest BCUT2D eigenvalue weighted by Crippen LogP contribution is 2.40. The minimum absolute atomic E-state index is 0.131. The molecule has 3 aromatic carbocycles. The first-order valence-corrected chi connectivity index (χ1v) is 8.89. The summed E-state index contributed by atoms with van der Waals surface area (Å²) in [6.07, 6.45) is 1.09. The van der Waals surface area contributed by atoms with Crippen LogP contribution >= 0.6 is 11.8 Å². The lowest BCUT2D eigenvalue weighted by Crippen LogP contribution is -2.04. The zero-order valence-corrected chi connectivity index (χ0v) is 13.6. The summed E-state index contributed by atoms with van der Waals surface area (Å²) in [6.45, 7) is 0. The molecule has 23 heavy (non-hydrogen) atoms. The molecular formula is C21H18OS. The van der Waals surface area contributed by atoms with Crippen molar-refractivity contribution < 1.29 is 4.74 Å². The number of rotatable bonds is 4. The molecule has 0 N–H and O–H groups in total. The van der Waals surface area contributed by atoms with Crippen molar-refractivity contribution in [1.29, 1.82) is 0 Å². The molecule has 0 aromatic heterocycles. The van der Waals surface area contributed by atoms with E-state index < -0.39 is 0 Å². The third-order valence-corrected chi connectivity index (χ3v) is 5.31. The van der Waals surface area contributed by atoms with E-state index >= 15 is 0 Å². The average Bonchev–Trinajstić information content (AvgIpc) is 3.05. The maximum atomic E-state index is 6.17. The molecule has 1 aliphatic rings. The molecule has 1 atom stereocenters. The Kier molecular flexibility index (Phi) is 4.08. The van der Waals surface area contributed by atoms with Crippen LogP contribution in [0.15, 0.2) is 83.8 Å². The van der Waals surface area contributed by atoms with E-state index in [0.29, 0.717) is 0 Å². The molecule has 0 saturated heterocycles. The normalized spacial score (nSPS) is 15.9. The lowest BCUT2D eigenvalue weighted by Gasteiger charge is -2.15. The second-order valence-electron chi connectivity index (χ2n) is 5.73. The Bertz CT molecular complexity index is 773. The van der Waals surface area contributed by atoms with Crippen LogP contribution in [0.5, 0.6) is 5.75 Å². The van der Waals surface area contributed by atoms with Gasteiger partial charge in [0.05, 0.1) is 0 Å². The van der Waals surface area contributed by atoms with Crippen LogP contribution in [0.3, 0.4) is 0 Å². The molecule has 0 fully saturated rings. The van der Waals surface area contributed by atoms with Crippen LogP contribution in [0.25, 0.3) is 0 Å². The number of hydrogen-bond donors (Lipinski definition) is 0. The van der Waals surface area contributed by atoms with Crippen LogP contribution in [-0.2, 0) is 12.2 Å². The molecule has 0 saturated carbocycles. The SMILES string of the molecule is c1ccc(CSc2ccccc2C2Cc3ccccc3O2)cc1. The Balaban J connectivity index is 1.54. The van der Waals surface area contributed by atoms with E-state index in [1.165, 1.54) is 21.6 Å². The standard InChI is InChI=1S/C21H18OS/c1-2-8-16(9-3-1)15-23-21-13-7-5-11-18(21)20-14-17-10-4-6-12-19(17)22-20/h1-13,20H,14-15H2. The molecule has 0 amide bonds.